The van der Waals surface area contributed by atoms with Gasteiger partial charge in [-0.1, -0.05) is 15.9 Å². The molecule has 0 bridgehead atoms. The molecule has 1 aromatic heterocycles. The van der Waals surface area contributed by atoms with Crippen LogP contribution < -0.4 is 10.4 Å². The van der Waals surface area contributed by atoms with E-state index in [0.717, 1.165) is 4.47 Å². The van der Waals surface area contributed by atoms with Crippen molar-refractivity contribution in [3.63, 3.8) is 0 Å². The molecule has 2 aromatic carbocycles. The first-order valence-corrected chi connectivity index (χ1v) is 9.19. The third-order valence-corrected chi connectivity index (χ3v) is 4.78. The van der Waals surface area contributed by atoms with E-state index in [0.29, 0.717) is 22.8 Å². The van der Waals surface area contributed by atoms with Gasteiger partial charge in [0, 0.05) is 22.2 Å². The van der Waals surface area contributed by atoms with Crippen LogP contribution in [0.25, 0.3) is 17.4 Å². The summed E-state index contributed by atoms with van der Waals surface area (Å²) >= 11 is 3.32. The maximum atomic E-state index is 12.6. The van der Waals surface area contributed by atoms with Gasteiger partial charge in [-0.05, 0) is 54.6 Å². The number of rotatable bonds is 4. The van der Waals surface area contributed by atoms with Gasteiger partial charge in [-0.15, -0.1) is 0 Å². The second-order valence-corrected chi connectivity index (χ2v) is 7.04. The lowest BCUT2D eigenvalue weighted by Gasteiger charge is -2.14. The monoisotopic (exact) mass is 453 g/mol. The van der Waals surface area contributed by atoms with E-state index in [4.69, 9.17) is 4.42 Å². The molecule has 3 aromatic rings. The Bertz CT molecular complexity index is 1150. The fraction of sp³-hybridized carbons (Fsp3) is 0. The summed E-state index contributed by atoms with van der Waals surface area (Å²) in [5, 5.41) is 11.9. The number of nitro benzene ring substituents is 1. The largest absolute Gasteiger partial charge is 0.457 e. The molecule has 29 heavy (non-hydrogen) atoms. The van der Waals surface area contributed by atoms with Gasteiger partial charge in [-0.3, -0.25) is 25.1 Å². The molecule has 9 heteroatoms. The number of amides is 2. The first-order chi connectivity index (χ1) is 13.9. The van der Waals surface area contributed by atoms with Crippen LogP contribution in [0.15, 0.2) is 75.1 Å². The molecule has 1 saturated heterocycles. The summed E-state index contributed by atoms with van der Waals surface area (Å²) in [5.74, 6) is -0.256. The van der Waals surface area contributed by atoms with Crippen LogP contribution in [0.4, 0.5) is 11.4 Å². The molecule has 2 heterocycles. The predicted octanol–water partition coefficient (Wildman–Crippen LogP) is 4.08. The molecule has 0 saturated carbocycles. The Morgan fingerprint density at radius 1 is 1.00 bits per heavy atom. The molecule has 0 spiro atoms. The Kier molecular flexibility index (Phi) is 4.73. The molecular weight excluding hydrogens is 442 g/mol. The van der Waals surface area contributed by atoms with Crippen molar-refractivity contribution in [2.75, 3.05) is 5.01 Å². The Labute approximate surface area is 172 Å². The third-order valence-electron chi connectivity index (χ3n) is 4.25. The normalized spacial score (nSPS) is 15.1. The molecule has 4 rings (SSSR count). The van der Waals surface area contributed by atoms with Gasteiger partial charge in [-0.2, -0.15) is 0 Å². The molecule has 0 aliphatic carbocycles. The molecule has 0 unspecified atom stereocenters. The minimum Gasteiger partial charge on any atom is -0.457 e. The summed E-state index contributed by atoms with van der Waals surface area (Å²) in [6, 6.07) is 16.1. The van der Waals surface area contributed by atoms with Crippen LogP contribution in [-0.4, -0.2) is 16.7 Å². The van der Waals surface area contributed by atoms with Gasteiger partial charge in [0.25, 0.3) is 17.5 Å². The molecule has 0 radical (unpaired) electrons. The number of halogens is 1. The average Bonchev–Trinajstić information content (AvgIpc) is 3.29. The van der Waals surface area contributed by atoms with Crippen LogP contribution in [0.1, 0.15) is 5.76 Å². The number of nitrogens with one attached hydrogen (secondary N) is 1. The molecule has 1 N–H and O–H groups in total. The van der Waals surface area contributed by atoms with Crippen molar-refractivity contribution in [3.05, 3.63) is 86.6 Å². The fourth-order valence-electron chi connectivity index (χ4n) is 2.80. The van der Waals surface area contributed by atoms with E-state index >= 15 is 0 Å². The SMILES string of the molecule is O=C1NN(c2ccc(Br)cc2)C(=O)/C1=C\c1ccc(-c2ccc([N+](=O)[O-])cc2)o1. The first-order valence-electron chi connectivity index (χ1n) is 8.40. The van der Waals surface area contributed by atoms with Crippen LogP contribution in [-0.2, 0) is 9.59 Å². The molecule has 1 fully saturated rings. The van der Waals surface area contributed by atoms with Crippen molar-refractivity contribution in [1.29, 1.82) is 0 Å². The van der Waals surface area contributed by atoms with Gasteiger partial charge in [0.1, 0.15) is 17.1 Å². The average molecular weight is 454 g/mol. The second-order valence-electron chi connectivity index (χ2n) is 6.12. The number of hydrogen-bond donors (Lipinski definition) is 1. The summed E-state index contributed by atoms with van der Waals surface area (Å²) in [4.78, 5) is 35.2. The van der Waals surface area contributed by atoms with Crippen molar-refractivity contribution < 1.29 is 18.9 Å². The summed E-state index contributed by atoms with van der Waals surface area (Å²) in [6.45, 7) is 0. The van der Waals surface area contributed by atoms with Gasteiger partial charge in [0.05, 0.1) is 10.6 Å². The first kappa shape index (κ1) is 18.6. The second kappa shape index (κ2) is 7.36. The Hall–Kier alpha value is -3.72. The minimum atomic E-state index is -0.536. The van der Waals surface area contributed by atoms with E-state index in [2.05, 4.69) is 21.4 Å². The highest BCUT2D eigenvalue weighted by atomic mass is 79.9. The lowest BCUT2D eigenvalue weighted by atomic mass is 10.1. The number of carbonyl (C=O) groups is 2. The lowest BCUT2D eigenvalue weighted by molar-refractivity contribution is -0.384. The quantitative estimate of drug-likeness (QED) is 0.277. The number of nitrogens with zero attached hydrogens (tertiary/aromatic N) is 2. The molecule has 0 atom stereocenters. The van der Waals surface area contributed by atoms with E-state index in [-0.39, 0.29) is 11.3 Å². The molecule has 144 valence electrons. The molecule has 8 nitrogen and oxygen atoms in total. The highest BCUT2D eigenvalue weighted by Crippen LogP contribution is 2.27. The molecule has 1 aliphatic rings. The van der Waals surface area contributed by atoms with Crippen molar-refractivity contribution in [2.45, 2.75) is 0 Å². The maximum absolute atomic E-state index is 12.6. The zero-order valence-electron chi connectivity index (χ0n) is 14.7. The number of carbonyl (C=O) groups excluding carboxylic acids is 2. The lowest BCUT2D eigenvalue weighted by Crippen LogP contribution is -2.35. The highest BCUT2D eigenvalue weighted by Gasteiger charge is 2.34. The highest BCUT2D eigenvalue weighted by molar-refractivity contribution is 9.10. The maximum Gasteiger partial charge on any atom is 0.282 e. The van der Waals surface area contributed by atoms with Gasteiger partial charge < -0.3 is 4.42 Å². The summed E-state index contributed by atoms with van der Waals surface area (Å²) < 4.78 is 6.53. The number of hydrazine groups is 1. The van der Waals surface area contributed by atoms with Gasteiger partial charge in [0.15, 0.2) is 0 Å². The zero-order chi connectivity index (χ0) is 20.5. The summed E-state index contributed by atoms with van der Waals surface area (Å²) in [7, 11) is 0. The van der Waals surface area contributed by atoms with Crippen LogP contribution in [0, 0.1) is 10.1 Å². The van der Waals surface area contributed by atoms with E-state index in [1.54, 1.807) is 48.5 Å². The number of furan rings is 1. The van der Waals surface area contributed by atoms with Crippen molar-refractivity contribution >= 4 is 45.2 Å². The van der Waals surface area contributed by atoms with E-state index < -0.39 is 16.7 Å². The fourth-order valence-corrected chi connectivity index (χ4v) is 3.07. The topological polar surface area (TPSA) is 106 Å². The van der Waals surface area contributed by atoms with Crippen LogP contribution in [0.5, 0.6) is 0 Å². The third kappa shape index (κ3) is 3.67. The van der Waals surface area contributed by atoms with E-state index in [9.17, 15) is 19.7 Å². The number of non-ortho nitro benzene ring substituents is 1. The van der Waals surface area contributed by atoms with Gasteiger partial charge in [0.2, 0.25) is 0 Å². The number of benzene rings is 2. The summed E-state index contributed by atoms with van der Waals surface area (Å²) in [5.41, 5.74) is 3.61. The van der Waals surface area contributed by atoms with E-state index in [1.807, 2.05) is 0 Å². The minimum absolute atomic E-state index is 0.0242. The van der Waals surface area contributed by atoms with Crippen LogP contribution in [0.2, 0.25) is 0 Å². The number of anilines is 1. The Balaban J connectivity index is 1.58. The Morgan fingerprint density at radius 3 is 2.34 bits per heavy atom. The molecule has 2 amide bonds. The molecule has 1 aliphatic heterocycles. The number of nitro groups is 1. The Morgan fingerprint density at radius 2 is 1.69 bits per heavy atom. The summed E-state index contributed by atoms with van der Waals surface area (Å²) in [6.07, 6.45) is 1.37. The zero-order valence-corrected chi connectivity index (χ0v) is 16.3. The van der Waals surface area contributed by atoms with Gasteiger partial charge >= 0.3 is 0 Å². The van der Waals surface area contributed by atoms with Crippen LogP contribution in [0.3, 0.4) is 0 Å². The van der Waals surface area contributed by atoms with Crippen LogP contribution >= 0.6 is 15.9 Å². The van der Waals surface area contributed by atoms with Crippen molar-refractivity contribution in [2.24, 2.45) is 0 Å². The van der Waals surface area contributed by atoms with Crippen molar-refractivity contribution in [3.8, 4) is 11.3 Å². The predicted molar refractivity (Wildman–Crippen MR) is 109 cm³/mol. The smallest absolute Gasteiger partial charge is 0.282 e. The molecular formula is C20H12BrN3O5. The van der Waals surface area contributed by atoms with Crippen molar-refractivity contribution in [1.82, 2.24) is 5.43 Å². The van der Waals surface area contributed by atoms with E-state index in [1.165, 1.54) is 23.2 Å². The van der Waals surface area contributed by atoms with Gasteiger partial charge in [-0.25, -0.2) is 5.01 Å². The number of hydrogen-bond acceptors (Lipinski definition) is 5. The standard InChI is InChI=1S/C20H12BrN3O5/c21-13-3-7-14(8-4-13)23-20(26)17(19(25)22-23)11-16-9-10-18(29-16)12-1-5-15(6-2-12)24(27)28/h1-11H,(H,22,25)/b17-11-.